The molecule has 2 aromatic heterocycles. The van der Waals surface area contributed by atoms with Crippen LogP contribution in [0.5, 0.6) is 0 Å². The molecule has 25 heavy (non-hydrogen) atoms. The molecule has 136 valence electrons. The predicted octanol–water partition coefficient (Wildman–Crippen LogP) is 2.75. The molecule has 0 bridgehead atoms. The molecule has 0 atom stereocenters. The maximum absolute atomic E-state index is 12.5. The second-order valence-corrected chi connectivity index (χ2v) is 8.12. The van der Waals surface area contributed by atoms with Crippen LogP contribution in [0.25, 0.3) is 0 Å². The van der Waals surface area contributed by atoms with Crippen molar-refractivity contribution in [3.05, 3.63) is 23.5 Å². The maximum Gasteiger partial charge on any atom is 0.266 e. The Bertz CT molecular complexity index is 788. The van der Waals surface area contributed by atoms with E-state index in [-0.39, 0.29) is 10.7 Å². The van der Waals surface area contributed by atoms with Crippen LogP contribution in [-0.2, 0) is 10.0 Å². The minimum atomic E-state index is -3.74. The second-order valence-electron chi connectivity index (χ2n) is 6.51. The van der Waals surface area contributed by atoms with Gasteiger partial charge in [0.05, 0.1) is 11.4 Å². The average molecular weight is 364 g/mol. The van der Waals surface area contributed by atoms with E-state index < -0.39 is 10.0 Å². The van der Waals surface area contributed by atoms with Gasteiger partial charge in [-0.2, -0.15) is 5.10 Å². The minimum Gasteiger partial charge on any atom is -0.366 e. The zero-order valence-corrected chi connectivity index (χ0v) is 15.4. The summed E-state index contributed by atoms with van der Waals surface area (Å²) in [4.78, 5) is 0.148. The molecular weight excluding hydrogens is 340 g/mol. The molecule has 1 saturated carbocycles. The normalized spacial score (nSPS) is 16.4. The van der Waals surface area contributed by atoms with Gasteiger partial charge in [0.15, 0.2) is 5.82 Å². The topological polar surface area (TPSA) is 113 Å². The van der Waals surface area contributed by atoms with Crippen LogP contribution in [0.4, 0.5) is 11.6 Å². The first-order valence-corrected chi connectivity index (χ1v) is 10.1. The fourth-order valence-corrected chi connectivity index (χ4v) is 4.59. The lowest BCUT2D eigenvalue weighted by molar-refractivity contribution is 0.599. The van der Waals surface area contributed by atoms with Crippen molar-refractivity contribution < 1.29 is 8.42 Å². The molecule has 1 aliphatic carbocycles. The van der Waals surface area contributed by atoms with E-state index in [4.69, 9.17) is 0 Å². The van der Waals surface area contributed by atoms with Crippen LogP contribution < -0.4 is 10.0 Å². The van der Waals surface area contributed by atoms with Gasteiger partial charge in [-0.1, -0.05) is 25.7 Å². The second kappa shape index (κ2) is 7.38. The van der Waals surface area contributed by atoms with Gasteiger partial charge in [0.1, 0.15) is 10.7 Å². The Balaban J connectivity index is 1.68. The Hall–Kier alpha value is -2.16. The summed E-state index contributed by atoms with van der Waals surface area (Å²) in [5.74, 6) is 0.858. The van der Waals surface area contributed by atoms with Gasteiger partial charge in [0, 0.05) is 6.04 Å². The van der Waals surface area contributed by atoms with Crippen LogP contribution in [0.3, 0.4) is 0 Å². The van der Waals surface area contributed by atoms with E-state index in [1.54, 1.807) is 26.0 Å². The first kappa shape index (κ1) is 17.7. The summed E-state index contributed by atoms with van der Waals surface area (Å²) < 4.78 is 27.4. The molecule has 0 unspecified atom stereocenters. The highest BCUT2D eigenvalue weighted by Gasteiger charge is 2.23. The monoisotopic (exact) mass is 364 g/mol. The highest BCUT2D eigenvalue weighted by atomic mass is 32.2. The molecule has 0 amide bonds. The predicted molar refractivity (Wildman–Crippen MR) is 96.0 cm³/mol. The van der Waals surface area contributed by atoms with Gasteiger partial charge in [0.25, 0.3) is 10.0 Å². The number of sulfonamides is 1. The third kappa shape index (κ3) is 4.28. The summed E-state index contributed by atoms with van der Waals surface area (Å²) in [7, 11) is -3.74. The molecule has 2 aromatic rings. The Kier molecular flexibility index (Phi) is 5.22. The summed E-state index contributed by atoms with van der Waals surface area (Å²) in [6.07, 6.45) is 7.30. The molecule has 0 aromatic carbocycles. The molecule has 0 spiro atoms. The van der Waals surface area contributed by atoms with Crippen molar-refractivity contribution in [2.75, 3.05) is 10.0 Å². The number of hydrogen-bond donors (Lipinski definition) is 3. The van der Waals surface area contributed by atoms with E-state index >= 15 is 0 Å². The van der Waals surface area contributed by atoms with E-state index in [2.05, 4.69) is 30.4 Å². The third-order valence-electron chi connectivity index (χ3n) is 4.44. The number of rotatable bonds is 5. The number of H-pyrrole nitrogens is 1. The maximum atomic E-state index is 12.5. The number of anilines is 2. The standard InChI is InChI=1S/C16H24N6O2S/c1-11-16(12(2)19-18-11)25(23,24)22-15-10-9-14(20-21-15)17-13-7-5-3-4-6-8-13/h9-10,13H,3-8H2,1-2H3,(H,17,20)(H,18,19)(H,21,22). The fraction of sp³-hybridized carbons (Fsp3) is 0.562. The van der Waals surface area contributed by atoms with Crippen molar-refractivity contribution in [3.8, 4) is 0 Å². The summed E-state index contributed by atoms with van der Waals surface area (Å²) in [5, 5.41) is 18.1. The largest absolute Gasteiger partial charge is 0.366 e. The molecule has 0 aliphatic heterocycles. The summed E-state index contributed by atoms with van der Waals surface area (Å²) in [6.45, 7) is 3.31. The molecule has 1 aliphatic rings. The van der Waals surface area contributed by atoms with Gasteiger partial charge < -0.3 is 5.32 Å². The van der Waals surface area contributed by atoms with Crippen molar-refractivity contribution >= 4 is 21.7 Å². The molecule has 3 N–H and O–H groups in total. The molecule has 8 nitrogen and oxygen atoms in total. The summed E-state index contributed by atoms with van der Waals surface area (Å²) in [5.41, 5.74) is 0.911. The highest BCUT2D eigenvalue weighted by Crippen LogP contribution is 2.22. The number of aryl methyl sites for hydroxylation is 2. The van der Waals surface area contributed by atoms with Crippen LogP contribution in [0.1, 0.15) is 49.9 Å². The van der Waals surface area contributed by atoms with Crippen LogP contribution in [0, 0.1) is 13.8 Å². The molecular formula is C16H24N6O2S. The first-order chi connectivity index (χ1) is 12.0. The quantitative estimate of drug-likeness (QED) is 0.703. The number of nitrogens with one attached hydrogen (secondary N) is 3. The number of aromatic nitrogens is 4. The Morgan fingerprint density at radius 1 is 1.04 bits per heavy atom. The lowest BCUT2D eigenvalue weighted by Crippen LogP contribution is -2.20. The Morgan fingerprint density at radius 3 is 2.24 bits per heavy atom. The summed E-state index contributed by atoms with van der Waals surface area (Å²) in [6, 6.07) is 3.79. The number of hydrogen-bond acceptors (Lipinski definition) is 6. The van der Waals surface area contributed by atoms with E-state index in [0.717, 1.165) is 12.8 Å². The lowest BCUT2D eigenvalue weighted by atomic mass is 10.1. The van der Waals surface area contributed by atoms with Gasteiger partial charge in [0.2, 0.25) is 0 Å². The SMILES string of the molecule is Cc1n[nH]c(C)c1S(=O)(=O)Nc1ccc(NC2CCCCCC2)nn1. The Morgan fingerprint density at radius 2 is 1.68 bits per heavy atom. The van der Waals surface area contributed by atoms with Crippen molar-refractivity contribution in [1.29, 1.82) is 0 Å². The van der Waals surface area contributed by atoms with Gasteiger partial charge in [-0.25, -0.2) is 8.42 Å². The van der Waals surface area contributed by atoms with Gasteiger partial charge in [-0.05, 0) is 38.8 Å². The number of nitrogens with zero attached hydrogens (tertiary/aromatic N) is 3. The smallest absolute Gasteiger partial charge is 0.266 e. The van der Waals surface area contributed by atoms with Crippen molar-refractivity contribution in [3.63, 3.8) is 0 Å². The van der Waals surface area contributed by atoms with E-state index in [1.807, 2.05) is 0 Å². The first-order valence-electron chi connectivity index (χ1n) is 8.60. The minimum absolute atomic E-state index is 0.148. The molecule has 0 radical (unpaired) electrons. The van der Waals surface area contributed by atoms with E-state index in [0.29, 0.717) is 23.2 Å². The van der Waals surface area contributed by atoms with E-state index in [9.17, 15) is 8.42 Å². The van der Waals surface area contributed by atoms with Gasteiger partial charge >= 0.3 is 0 Å². The zero-order valence-electron chi connectivity index (χ0n) is 14.5. The van der Waals surface area contributed by atoms with Gasteiger partial charge in [-0.3, -0.25) is 9.82 Å². The highest BCUT2D eigenvalue weighted by molar-refractivity contribution is 7.92. The van der Waals surface area contributed by atoms with Crippen LogP contribution >= 0.6 is 0 Å². The summed E-state index contributed by atoms with van der Waals surface area (Å²) >= 11 is 0. The molecule has 1 fully saturated rings. The van der Waals surface area contributed by atoms with Crippen molar-refractivity contribution in [1.82, 2.24) is 20.4 Å². The Labute approximate surface area is 147 Å². The molecule has 2 heterocycles. The zero-order chi connectivity index (χ0) is 17.9. The van der Waals surface area contributed by atoms with Crippen LogP contribution in [-0.4, -0.2) is 34.9 Å². The molecule has 0 saturated heterocycles. The van der Waals surface area contributed by atoms with E-state index in [1.165, 1.54) is 25.7 Å². The number of aromatic amines is 1. The molecule has 3 rings (SSSR count). The van der Waals surface area contributed by atoms with Crippen molar-refractivity contribution in [2.24, 2.45) is 0 Å². The fourth-order valence-electron chi connectivity index (χ4n) is 3.22. The van der Waals surface area contributed by atoms with Crippen LogP contribution in [0.2, 0.25) is 0 Å². The average Bonchev–Trinajstić information content (AvgIpc) is 2.75. The third-order valence-corrected chi connectivity index (χ3v) is 6.06. The van der Waals surface area contributed by atoms with Crippen LogP contribution in [0.15, 0.2) is 17.0 Å². The lowest BCUT2D eigenvalue weighted by Gasteiger charge is -2.16. The van der Waals surface area contributed by atoms with Gasteiger partial charge in [-0.15, -0.1) is 10.2 Å². The molecule has 9 heteroatoms. The van der Waals surface area contributed by atoms with Crippen molar-refractivity contribution in [2.45, 2.75) is 63.3 Å².